The molecule has 15 heavy (non-hydrogen) atoms. The van der Waals surface area contributed by atoms with E-state index >= 15 is 0 Å². The second-order valence-electron chi connectivity index (χ2n) is 4.57. The lowest BCUT2D eigenvalue weighted by Crippen LogP contribution is -2.56. The number of carboxylic acids is 1. The van der Waals surface area contributed by atoms with Gasteiger partial charge in [-0.1, -0.05) is 20.8 Å². The van der Waals surface area contributed by atoms with Gasteiger partial charge in [-0.05, 0) is 12.5 Å². The molecule has 0 bridgehead atoms. The molecule has 0 amide bonds. The van der Waals surface area contributed by atoms with E-state index in [-0.39, 0.29) is 6.54 Å². The molecule has 1 N–H and O–H groups in total. The second kappa shape index (κ2) is 5.47. The maximum absolute atomic E-state index is 10.7. The molecule has 0 aromatic rings. The first-order valence-corrected chi connectivity index (χ1v) is 5.72. The van der Waals surface area contributed by atoms with Crippen molar-refractivity contribution >= 4 is 5.97 Å². The van der Waals surface area contributed by atoms with Crippen LogP contribution in [-0.2, 0) is 4.79 Å². The summed E-state index contributed by atoms with van der Waals surface area (Å²) in [6.07, 6.45) is 0. The Labute approximate surface area is 91.9 Å². The number of rotatable bonds is 4. The Morgan fingerprint density at radius 1 is 1.47 bits per heavy atom. The summed E-state index contributed by atoms with van der Waals surface area (Å²) in [6, 6.07) is 0.384. The van der Waals surface area contributed by atoms with Crippen LogP contribution in [-0.4, -0.2) is 59.6 Å². The second-order valence-corrected chi connectivity index (χ2v) is 4.57. The van der Waals surface area contributed by atoms with E-state index in [4.69, 9.17) is 5.11 Å². The number of hydrogen-bond donors (Lipinski definition) is 1. The Morgan fingerprint density at radius 2 is 2.13 bits per heavy atom. The Bertz CT molecular complexity index is 219. The van der Waals surface area contributed by atoms with Crippen LogP contribution in [0.25, 0.3) is 0 Å². The van der Waals surface area contributed by atoms with Crippen LogP contribution in [0.15, 0.2) is 0 Å². The first-order chi connectivity index (χ1) is 7.04. The van der Waals surface area contributed by atoms with Gasteiger partial charge in [0.15, 0.2) is 0 Å². The zero-order chi connectivity index (χ0) is 11.4. The molecule has 1 fully saturated rings. The fourth-order valence-electron chi connectivity index (χ4n) is 2.20. The van der Waals surface area contributed by atoms with E-state index in [1.165, 1.54) is 0 Å². The van der Waals surface area contributed by atoms with Crippen molar-refractivity contribution in [1.82, 2.24) is 9.80 Å². The minimum atomic E-state index is -0.717. The molecule has 4 nitrogen and oxygen atoms in total. The normalized spacial score (nSPS) is 24.7. The van der Waals surface area contributed by atoms with Crippen LogP contribution in [0.5, 0.6) is 0 Å². The number of aliphatic carboxylic acids is 1. The average Bonchev–Trinajstić information content (AvgIpc) is 2.17. The number of likely N-dealkylation sites (N-methyl/N-ethyl adjacent to an activating group) is 1. The molecule has 0 aliphatic carbocycles. The van der Waals surface area contributed by atoms with Crippen LogP contribution in [0.1, 0.15) is 20.8 Å². The summed E-state index contributed by atoms with van der Waals surface area (Å²) in [6.45, 7) is 10.6. The Balaban J connectivity index is 2.58. The van der Waals surface area contributed by atoms with Crippen LogP contribution < -0.4 is 0 Å². The van der Waals surface area contributed by atoms with E-state index in [9.17, 15) is 4.79 Å². The van der Waals surface area contributed by atoms with Gasteiger partial charge in [0.1, 0.15) is 0 Å². The largest absolute Gasteiger partial charge is 0.480 e. The Morgan fingerprint density at radius 3 is 2.60 bits per heavy atom. The van der Waals surface area contributed by atoms with E-state index in [0.29, 0.717) is 12.0 Å². The molecular formula is C11H22N2O2. The van der Waals surface area contributed by atoms with Gasteiger partial charge >= 0.3 is 5.97 Å². The first kappa shape index (κ1) is 12.5. The SMILES string of the molecule is CCN1CCN(CC(=O)O)C(C(C)C)C1. The number of hydrogen-bond acceptors (Lipinski definition) is 3. The third kappa shape index (κ3) is 3.47. The Kier molecular flexibility index (Phi) is 4.54. The molecule has 1 aliphatic rings. The van der Waals surface area contributed by atoms with E-state index in [1.54, 1.807) is 0 Å². The maximum Gasteiger partial charge on any atom is 0.317 e. The first-order valence-electron chi connectivity index (χ1n) is 5.72. The predicted molar refractivity (Wildman–Crippen MR) is 59.9 cm³/mol. The minimum absolute atomic E-state index is 0.181. The number of carbonyl (C=O) groups is 1. The quantitative estimate of drug-likeness (QED) is 0.749. The smallest absolute Gasteiger partial charge is 0.317 e. The number of carboxylic acid groups (broad SMARTS) is 1. The molecular weight excluding hydrogens is 192 g/mol. The van der Waals surface area contributed by atoms with Crippen molar-refractivity contribution in [2.45, 2.75) is 26.8 Å². The highest BCUT2D eigenvalue weighted by atomic mass is 16.4. The van der Waals surface area contributed by atoms with E-state index in [2.05, 4.69) is 30.6 Å². The Hall–Kier alpha value is -0.610. The van der Waals surface area contributed by atoms with Crippen LogP contribution >= 0.6 is 0 Å². The van der Waals surface area contributed by atoms with Crippen LogP contribution in [0.3, 0.4) is 0 Å². The van der Waals surface area contributed by atoms with E-state index in [1.807, 2.05) is 0 Å². The van der Waals surface area contributed by atoms with Gasteiger partial charge in [0, 0.05) is 25.7 Å². The van der Waals surface area contributed by atoms with Gasteiger partial charge in [-0.3, -0.25) is 9.69 Å². The molecule has 1 heterocycles. The summed E-state index contributed by atoms with van der Waals surface area (Å²) < 4.78 is 0. The molecule has 0 saturated carbocycles. The summed E-state index contributed by atoms with van der Waals surface area (Å²) in [5, 5.41) is 8.83. The zero-order valence-corrected chi connectivity index (χ0v) is 9.94. The lowest BCUT2D eigenvalue weighted by atomic mass is 9.99. The van der Waals surface area contributed by atoms with Crippen LogP contribution in [0.4, 0.5) is 0 Å². The van der Waals surface area contributed by atoms with Gasteiger partial charge in [-0.25, -0.2) is 0 Å². The van der Waals surface area contributed by atoms with E-state index in [0.717, 1.165) is 26.2 Å². The molecule has 1 rings (SSSR count). The van der Waals surface area contributed by atoms with Gasteiger partial charge < -0.3 is 10.0 Å². The molecule has 0 radical (unpaired) electrons. The van der Waals surface area contributed by atoms with Crippen molar-refractivity contribution in [3.05, 3.63) is 0 Å². The summed E-state index contributed by atoms with van der Waals surface area (Å²) in [4.78, 5) is 15.2. The third-order valence-electron chi connectivity index (χ3n) is 3.17. The van der Waals surface area contributed by atoms with Crippen molar-refractivity contribution in [3.63, 3.8) is 0 Å². The van der Waals surface area contributed by atoms with Crippen LogP contribution in [0, 0.1) is 5.92 Å². The standard InChI is InChI=1S/C11H22N2O2/c1-4-12-5-6-13(8-11(14)15)10(7-12)9(2)3/h9-10H,4-8H2,1-3H3,(H,14,15). The predicted octanol–water partition coefficient (Wildman–Crippen LogP) is 0.733. The van der Waals surface area contributed by atoms with Gasteiger partial charge in [-0.2, -0.15) is 0 Å². The molecule has 0 spiro atoms. The van der Waals surface area contributed by atoms with Gasteiger partial charge in [-0.15, -0.1) is 0 Å². The molecule has 88 valence electrons. The fourth-order valence-corrected chi connectivity index (χ4v) is 2.20. The minimum Gasteiger partial charge on any atom is -0.480 e. The number of piperazine rings is 1. The van der Waals surface area contributed by atoms with Crippen molar-refractivity contribution in [2.24, 2.45) is 5.92 Å². The zero-order valence-electron chi connectivity index (χ0n) is 9.94. The molecule has 4 heteroatoms. The summed E-state index contributed by atoms with van der Waals surface area (Å²) in [5.74, 6) is -0.204. The molecule has 1 atom stereocenters. The number of nitrogens with zero attached hydrogens (tertiary/aromatic N) is 2. The lowest BCUT2D eigenvalue weighted by molar-refractivity contribution is -0.140. The average molecular weight is 214 g/mol. The maximum atomic E-state index is 10.7. The highest BCUT2D eigenvalue weighted by molar-refractivity contribution is 5.69. The van der Waals surface area contributed by atoms with Crippen molar-refractivity contribution in [1.29, 1.82) is 0 Å². The molecule has 1 aliphatic heterocycles. The van der Waals surface area contributed by atoms with E-state index < -0.39 is 5.97 Å². The fraction of sp³-hybridized carbons (Fsp3) is 0.909. The van der Waals surface area contributed by atoms with Gasteiger partial charge in [0.2, 0.25) is 0 Å². The summed E-state index contributed by atoms with van der Waals surface area (Å²) >= 11 is 0. The highest BCUT2D eigenvalue weighted by Crippen LogP contribution is 2.16. The topological polar surface area (TPSA) is 43.8 Å². The van der Waals surface area contributed by atoms with Crippen molar-refractivity contribution < 1.29 is 9.90 Å². The summed E-state index contributed by atoms with van der Waals surface area (Å²) in [7, 11) is 0. The van der Waals surface area contributed by atoms with Crippen LogP contribution in [0.2, 0.25) is 0 Å². The lowest BCUT2D eigenvalue weighted by Gasteiger charge is -2.42. The highest BCUT2D eigenvalue weighted by Gasteiger charge is 2.29. The molecule has 1 unspecified atom stereocenters. The summed E-state index contributed by atoms with van der Waals surface area (Å²) in [5.41, 5.74) is 0. The molecule has 0 aromatic heterocycles. The molecule has 1 saturated heterocycles. The van der Waals surface area contributed by atoms with Gasteiger partial charge in [0.25, 0.3) is 0 Å². The van der Waals surface area contributed by atoms with Gasteiger partial charge in [0.05, 0.1) is 6.54 Å². The third-order valence-corrected chi connectivity index (χ3v) is 3.17. The molecule has 0 aromatic carbocycles. The monoisotopic (exact) mass is 214 g/mol. The van der Waals surface area contributed by atoms with Crippen molar-refractivity contribution in [2.75, 3.05) is 32.7 Å². The van der Waals surface area contributed by atoms with Crippen molar-refractivity contribution in [3.8, 4) is 0 Å².